The third kappa shape index (κ3) is 3.56. The predicted molar refractivity (Wildman–Crippen MR) is 59.4 cm³/mol. The highest BCUT2D eigenvalue weighted by molar-refractivity contribution is 5.36. The third-order valence-corrected chi connectivity index (χ3v) is 1.76. The molecule has 1 N–H and O–H groups in total. The van der Waals surface area contributed by atoms with Crippen molar-refractivity contribution in [3.05, 3.63) is 29.2 Å². The molecule has 0 spiro atoms. The summed E-state index contributed by atoms with van der Waals surface area (Å²) in [6, 6.07) is 1.95. The van der Waals surface area contributed by atoms with Crippen molar-refractivity contribution in [3.8, 4) is 0 Å². The number of rotatable bonds is 3. The van der Waals surface area contributed by atoms with Crippen LogP contribution >= 0.6 is 0 Å². The summed E-state index contributed by atoms with van der Waals surface area (Å²) in [7, 11) is 0. The number of nitrogens with one attached hydrogen (secondary N) is 1. The van der Waals surface area contributed by atoms with Gasteiger partial charge in [-0.15, -0.1) is 0 Å². The van der Waals surface area contributed by atoms with Gasteiger partial charge in [-0.3, -0.25) is 0 Å². The van der Waals surface area contributed by atoms with Gasteiger partial charge < -0.3 is 5.32 Å². The van der Waals surface area contributed by atoms with E-state index in [1.807, 2.05) is 19.9 Å². The van der Waals surface area contributed by atoms with Crippen molar-refractivity contribution >= 4 is 5.82 Å². The minimum atomic E-state index is 0.810. The fourth-order valence-corrected chi connectivity index (χ4v) is 1.17. The van der Waals surface area contributed by atoms with E-state index in [0.717, 1.165) is 23.9 Å². The molecule has 0 aliphatic carbocycles. The molecule has 0 atom stereocenters. The zero-order valence-corrected chi connectivity index (χ0v) is 9.26. The summed E-state index contributed by atoms with van der Waals surface area (Å²) < 4.78 is 0. The first-order valence-electron chi connectivity index (χ1n) is 4.77. The first kappa shape index (κ1) is 10.7. The van der Waals surface area contributed by atoms with E-state index in [1.165, 1.54) is 5.57 Å². The average molecular weight is 191 g/mol. The van der Waals surface area contributed by atoms with Crippen LogP contribution in [-0.2, 0) is 0 Å². The van der Waals surface area contributed by atoms with E-state index in [1.54, 1.807) is 0 Å². The Labute approximate surface area is 85.3 Å². The quantitative estimate of drug-likeness (QED) is 0.746. The van der Waals surface area contributed by atoms with Crippen LogP contribution in [0.25, 0.3) is 0 Å². The monoisotopic (exact) mass is 191 g/mol. The van der Waals surface area contributed by atoms with Crippen molar-refractivity contribution in [1.82, 2.24) is 9.97 Å². The highest BCUT2D eigenvalue weighted by atomic mass is 15.0. The normalized spacial score (nSPS) is 9.71. The van der Waals surface area contributed by atoms with Gasteiger partial charge in [-0.25, -0.2) is 9.97 Å². The van der Waals surface area contributed by atoms with Crippen LogP contribution in [0.5, 0.6) is 0 Å². The second-order valence-corrected chi connectivity index (χ2v) is 3.60. The second kappa shape index (κ2) is 4.74. The summed E-state index contributed by atoms with van der Waals surface area (Å²) >= 11 is 0. The lowest BCUT2D eigenvalue weighted by Crippen LogP contribution is -2.03. The Morgan fingerprint density at radius 1 is 1.36 bits per heavy atom. The minimum Gasteiger partial charge on any atom is -0.366 e. The maximum atomic E-state index is 4.28. The van der Waals surface area contributed by atoms with Crippen LogP contribution in [-0.4, -0.2) is 16.5 Å². The van der Waals surface area contributed by atoms with Gasteiger partial charge in [0, 0.05) is 18.3 Å². The first-order chi connectivity index (χ1) is 6.58. The van der Waals surface area contributed by atoms with Crippen LogP contribution in [0.1, 0.15) is 25.4 Å². The number of hydrogen-bond acceptors (Lipinski definition) is 3. The van der Waals surface area contributed by atoms with Gasteiger partial charge in [0.2, 0.25) is 0 Å². The van der Waals surface area contributed by atoms with Crippen molar-refractivity contribution in [3.63, 3.8) is 0 Å². The molecule has 0 saturated carbocycles. The van der Waals surface area contributed by atoms with Gasteiger partial charge in [-0.1, -0.05) is 11.6 Å². The molecule has 0 amide bonds. The molecule has 14 heavy (non-hydrogen) atoms. The van der Waals surface area contributed by atoms with E-state index in [0.29, 0.717) is 0 Å². The van der Waals surface area contributed by atoms with Gasteiger partial charge in [-0.05, 0) is 27.7 Å². The summed E-state index contributed by atoms with van der Waals surface area (Å²) in [6.07, 6.45) is 2.13. The molecule has 3 nitrogen and oxygen atoms in total. The Hall–Kier alpha value is -1.38. The maximum Gasteiger partial charge on any atom is 0.130 e. The molecule has 1 heterocycles. The van der Waals surface area contributed by atoms with Crippen molar-refractivity contribution < 1.29 is 0 Å². The van der Waals surface area contributed by atoms with E-state index in [-0.39, 0.29) is 0 Å². The Bertz CT molecular complexity index is 318. The molecule has 0 fully saturated rings. The van der Waals surface area contributed by atoms with Crippen LogP contribution in [0.4, 0.5) is 5.82 Å². The maximum absolute atomic E-state index is 4.28. The van der Waals surface area contributed by atoms with Crippen LogP contribution < -0.4 is 5.32 Å². The highest BCUT2D eigenvalue weighted by Crippen LogP contribution is 2.05. The molecule has 76 valence electrons. The fourth-order valence-electron chi connectivity index (χ4n) is 1.17. The van der Waals surface area contributed by atoms with Gasteiger partial charge >= 0.3 is 0 Å². The van der Waals surface area contributed by atoms with Gasteiger partial charge in [0.1, 0.15) is 11.6 Å². The van der Waals surface area contributed by atoms with E-state index in [9.17, 15) is 0 Å². The predicted octanol–water partition coefficient (Wildman–Crippen LogP) is 2.47. The van der Waals surface area contributed by atoms with Gasteiger partial charge in [0.25, 0.3) is 0 Å². The minimum absolute atomic E-state index is 0.810. The van der Waals surface area contributed by atoms with Crippen LogP contribution in [0.2, 0.25) is 0 Å². The van der Waals surface area contributed by atoms with E-state index >= 15 is 0 Å². The molecular weight excluding hydrogens is 174 g/mol. The van der Waals surface area contributed by atoms with E-state index < -0.39 is 0 Å². The molecular formula is C11H17N3. The lowest BCUT2D eigenvalue weighted by Gasteiger charge is -2.04. The number of nitrogens with zero attached hydrogens (tertiary/aromatic N) is 2. The topological polar surface area (TPSA) is 37.8 Å². The number of anilines is 1. The van der Waals surface area contributed by atoms with Crippen molar-refractivity contribution in [2.24, 2.45) is 0 Å². The number of aromatic nitrogens is 2. The van der Waals surface area contributed by atoms with Crippen molar-refractivity contribution in [2.75, 3.05) is 11.9 Å². The average Bonchev–Trinajstić information content (AvgIpc) is 2.01. The van der Waals surface area contributed by atoms with Gasteiger partial charge in [0.15, 0.2) is 0 Å². The van der Waals surface area contributed by atoms with Crippen LogP contribution in [0.15, 0.2) is 17.7 Å². The Morgan fingerprint density at radius 2 is 2.07 bits per heavy atom. The summed E-state index contributed by atoms with van der Waals surface area (Å²) in [6.45, 7) is 8.86. The zero-order chi connectivity index (χ0) is 10.6. The number of hydrogen-bond donors (Lipinski definition) is 1. The Morgan fingerprint density at radius 3 is 2.64 bits per heavy atom. The summed E-state index contributed by atoms with van der Waals surface area (Å²) in [5, 5.41) is 3.23. The molecule has 1 aromatic rings. The summed E-state index contributed by atoms with van der Waals surface area (Å²) in [4.78, 5) is 8.49. The van der Waals surface area contributed by atoms with Gasteiger partial charge in [0.05, 0.1) is 0 Å². The molecule has 0 radical (unpaired) electrons. The highest BCUT2D eigenvalue weighted by Gasteiger charge is 1.96. The second-order valence-electron chi connectivity index (χ2n) is 3.60. The van der Waals surface area contributed by atoms with Crippen LogP contribution in [0, 0.1) is 13.8 Å². The standard InChI is InChI=1S/C11H17N3/c1-8(2)5-6-12-11-7-9(3)13-10(4)14-11/h5,7H,6H2,1-4H3,(H,12,13,14). The molecule has 0 saturated heterocycles. The molecule has 0 aliphatic heterocycles. The van der Waals surface area contributed by atoms with Crippen LogP contribution in [0.3, 0.4) is 0 Å². The lowest BCUT2D eigenvalue weighted by atomic mass is 10.3. The largest absolute Gasteiger partial charge is 0.366 e. The molecule has 0 unspecified atom stereocenters. The SMILES string of the molecule is CC(C)=CCNc1cc(C)nc(C)n1. The molecule has 0 aliphatic rings. The van der Waals surface area contributed by atoms with Crippen molar-refractivity contribution in [1.29, 1.82) is 0 Å². The third-order valence-electron chi connectivity index (χ3n) is 1.76. The molecule has 3 heteroatoms. The lowest BCUT2D eigenvalue weighted by molar-refractivity contribution is 1.01. The molecule has 0 aromatic carbocycles. The molecule has 1 rings (SSSR count). The van der Waals surface area contributed by atoms with E-state index in [4.69, 9.17) is 0 Å². The Balaban J connectivity index is 2.63. The first-order valence-corrected chi connectivity index (χ1v) is 4.77. The van der Waals surface area contributed by atoms with Crippen molar-refractivity contribution in [2.45, 2.75) is 27.7 Å². The Kier molecular flexibility index (Phi) is 3.63. The van der Waals surface area contributed by atoms with Gasteiger partial charge in [-0.2, -0.15) is 0 Å². The number of aryl methyl sites for hydroxylation is 2. The molecule has 1 aromatic heterocycles. The zero-order valence-electron chi connectivity index (χ0n) is 9.26. The molecule has 0 bridgehead atoms. The fraction of sp³-hybridized carbons (Fsp3) is 0.455. The summed E-state index contributed by atoms with van der Waals surface area (Å²) in [5.74, 6) is 1.71. The van der Waals surface area contributed by atoms with E-state index in [2.05, 4.69) is 35.2 Å². The summed E-state index contributed by atoms with van der Waals surface area (Å²) in [5.41, 5.74) is 2.30. The number of allylic oxidation sites excluding steroid dienone is 1. The smallest absolute Gasteiger partial charge is 0.130 e.